The standard InChI is InChI=1S/C20H19ClN2O2/c1-13-11-14(2)20(16(21)12-13)22-18(24)7-8-19(25)23-10-9-15-5-3-4-6-17(15)23/h3-6,9-12H,7-8H2,1-2H3,(H,22,24). The summed E-state index contributed by atoms with van der Waals surface area (Å²) >= 11 is 6.20. The lowest BCUT2D eigenvalue weighted by molar-refractivity contribution is -0.116. The topological polar surface area (TPSA) is 51.1 Å². The molecular weight excluding hydrogens is 336 g/mol. The van der Waals surface area contributed by atoms with Gasteiger partial charge >= 0.3 is 0 Å². The molecule has 0 radical (unpaired) electrons. The smallest absolute Gasteiger partial charge is 0.231 e. The molecule has 0 aliphatic carbocycles. The van der Waals surface area contributed by atoms with Gasteiger partial charge in [-0.3, -0.25) is 14.2 Å². The molecule has 128 valence electrons. The molecule has 0 bridgehead atoms. The Balaban J connectivity index is 1.66. The minimum atomic E-state index is -0.223. The van der Waals surface area contributed by atoms with Crippen molar-refractivity contribution in [3.63, 3.8) is 0 Å². The number of nitrogens with one attached hydrogen (secondary N) is 1. The van der Waals surface area contributed by atoms with Crippen LogP contribution >= 0.6 is 11.6 Å². The van der Waals surface area contributed by atoms with E-state index in [2.05, 4.69) is 5.32 Å². The zero-order valence-corrected chi connectivity index (χ0v) is 14.9. The number of benzene rings is 2. The second-order valence-electron chi connectivity index (χ2n) is 6.13. The number of aryl methyl sites for hydroxylation is 2. The van der Waals surface area contributed by atoms with Crippen LogP contribution in [0.4, 0.5) is 5.69 Å². The van der Waals surface area contributed by atoms with Crippen LogP contribution in [0.2, 0.25) is 5.02 Å². The molecule has 3 rings (SSSR count). The van der Waals surface area contributed by atoms with Crippen molar-refractivity contribution in [2.24, 2.45) is 0 Å². The van der Waals surface area contributed by atoms with Gasteiger partial charge < -0.3 is 5.32 Å². The van der Waals surface area contributed by atoms with Crippen molar-refractivity contribution < 1.29 is 9.59 Å². The Hall–Kier alpha value is -2.59. The highest BCUT2D eigenvalue weighted by molar-refractivity contribution is 6.34. The Labute approximate surface area is 151 Å². The summed E-state index contributed by atoms with van der Waals surface area (Å²) in [7, 11) is 0. The Bertz CT molecular complexity index is 936. The quantitative estimate of drug-likeness (QED) is 0.719. The average molecular weight is 355 g/mol. The molecule has 1 heterocycles. The van der Waals surface area contributed by atoms with Crippen molar-refractivity contribution in [1.82, 2.24) is 4.57 Å². The van der Waals surface area contributed by atoms with Gasteiger partial charge in [0, 0.05) is 24.4 Å². The summed E-state index contributed by atoms with van der Waals surface area (Å²) in [4.78, 5) is 24.6. The number of nitrogens with zero attached hydrogens (tertiary/aromatic N) is 1. The lowest BCUT2D eigenvalue weighted by atomic mass is 10.1. The zero-order valence-electron chi connectivity index (χ0n) is 14.2. The second-order valence-corrected chi connectivity index (χ2v) is 6.53. The van der Waals surface area contributed by atoms with E-state index < -0.39 is 0 Å². The summed E-state index contributed by atoms with van der Waals surface area (Å²) in [5, 5.41) is 4.32. The predicted octanol–water partition coefficient (Wildman–Crippen LogP) is 4.97. The lowest BCUT2D eigenvalue weighted by Gasteiger charge is -2.11. The van der Waals surface area contributed by atoms with Gasteiger partial charge in [-0.05, 0) is 43.2 Å². The highest BCUT2D eigenvalue weighted by Gasteiger charge is 2.13. The maximum absolute atomic E-state index is 12.4. The van der Waals surface area contributed by atoms with Crippen LogP contribution < -0.4 is 5.32 Å². The van der Waals surface area contributed by atoms with Gasteiger partial charge in [-0.1, -0.05) is 35.9 Å². The average Bonchev–Trinajstić information content (AvgIpc) is 3.00. The highest BCUT2D eigenvalue weighted by atomic mass is 35.5. The lowest BCUT2D eigenvalue weighted by Crippen LogP contribution is -2.17. The number of rotatable bonds is 4. The van der Waals surface area contributed by atoms with E-state index in [4.69, 9.17) is 11.6 Å². The number of hydrogen-bond donors (Lipinski definition) is 1. The number of para-hydroxylation sites is 1. The molecule has 0 aliphatic rings. The third-order valence-electron chi connectivity index (χ3n) is 4.13. The van der Waals surface area contributed by atoms with Gasteiger partial charge in [0.2, 0.25) is 11.8 Å². The normalized spacial score (nSPS) is 10.8. The van der Waals surface area contributed by atoms with Crippen molar-refractivity contribution in [2.45, 2.75) is 26.7 Å². The second kappa shape index (κ2) is 7.11. The van der Waals surface area contributed by atoms with Crippen LogP contribution in [0, 0.1) is 13.8 Å². The summed E-state index contributed by atoms with van der Waals surface area (Å²) in [5.74, 6) is -0.332. The minimum absolute atomic E-state index is 0.106. The number of carbonyl (C=O) groups is 2. The van der Waals surface area contributed by atoms with Crippen LogP contribution in [-0.2, 0) is 4.79 Å². The van der Waals surface area contributed by atoms with E-state index in [1.54, 1.807) is 16.8 Å². The molecule has 1 N–H and O–H groups in total. The number of hydrogen-bond acceptors (Lipinski definition) is 2. The molecule has 4 nitrogen and oxygen atoms in total. The van der Waals surface area contributed by atoms with Gasteiger partial charge in [-0.15, -0.1) is 0 Å². The fourth-order valence-corrected chi connectivity index (χ4v) is 3.29. The van der Waals surface area contributed by atoms with Crippen LogP contribution in [0.1, 0.15) is 28.8 Å². The molecule has 2 aromatic carbocycles. The van der Waals surface area contributed by atoms with Crippen LogP contribution in [0.3, 0.4) is 0 Å². The van der Waals surface area contributed by atoms with E-state index in [1.807, 2.05) is 50.2 Å². The molecule has 5 heteroatoms. The Morgan fingerprint density at radius 1 is 1.08 bits per heavy atom. The van der Waals surface area contributed by atoms with Crippen molar-refractivity contribution in [3.8, 4) is 0 Å². The van der Waals surface area contributed by atoms with E-state index in [1.165, 1.54) is 0 Å². The fourth-order valence-electron chi connectivity index (χ4n) is 2.92. The van der Waals surface area contributed by atoms with Crippen LogP contribution in [0.5, 0.6) is 0 Å². The number of fused-ring (bicyclic) bond motifs is 1. The maximum Gasteiger partial charge on any atom is 0.231 e. The van der Waals surface area contributed by atoms with Crippen molar-refractivity contribution in [1.29, 1.82) is 0 Å². The fraction of sp³-hybridized carbons (Fsp3) is 0.200. The molecule has 0 atom stereocenters. The number of carbonyl (C=O) groups excluding carboxylic acids is 2. The molecule has 1 amide bonds. The molecule has 0 unspecified atom stereocenters. The molecule has 0 saturated carbocycles. The summed E-state index contributed by atoms with van der Waals surface area (Å²) < 4.78 is 1.59. The molecule has 25 heavy (non-hydrogen) atoms. The summed E-state index contributed by atoms with van der Waals surface area (Å²) in [5.41, 5.74) is 3.40. The van der Waals surface area contributed by atoms with Crippen molar-refractivity contribution >= 4 is 40.0 Å². The number of anilines is 1. The van der Waals surface area contributed by atoms with E-state index in [9.17, 15) is 9.59 Å². The molecule has 1 aromatic heterocycles. The minimum Gasteiger partial charge on any atom is -0.325 e. The van der Waals surface area contributed by atoms with Gasteiger partial charge in [0.15, 0.2) is 0 Å². The highest BCUT2D eigenvalue weighted by Crippen LogP contribution is 2.27. The third kappa shape index (κ3) is 3.74. The molecule has 0 saturated heterocycles. The first-order chi connectivity index (χ1) is 12.0. The predicted molar refractivity (Wildman–Crippen MR) is 101 cm³/mol. The Kier molecular flexibility index (Phi) is 4.91. The SMILES string of the molecule is Cc1cc(C)c(NC(=O)CCC(=O)n2ccc3ccccc32)c(Cl)c1. The van der Waals surface area contributed by atoms with E-state index >= 15 is 0 Å². The summed E-state index contributed by atoms with van der Waals surface area (Å²) in [6.45, 7) is 3.84. The maximum atomic E-state index is 12.4. The number of aromatic nitrogens is 1. The van der Waals surface area contributed by atoms with Crippen molar-refractivity contribution in [2.75, 3.05) is 5.32 Å². The molecule has 3 aromatic rings. The Morgan fingerprint density at radius 3 is 2.60 bits per heavy atom. The van der Waals surface area contributed by atoms with Crippen LogP contribution in [-0.4, -0.2) is 16.4 Å². The van der Waals surface area contributed by atoms with Crippen LogP contribution in [0.15, 0.2) is 48.7 Å². The van der Waals surface area contributed by atoms with Gasteiger partial charge in [0.05, 0.1) is 16.2 Å². The molecule has 0 fully saturated rings. The molecule has 0 spiro atoms. The van der Waals surface area contributed by atoms with Gasteiger partial charge in [-0.25, -0.2) is 0 Å². The van der Waals surface area contributed by atoms with Crippen LogP contribution in [0.25, 0.3) is 10.9 Å². The third-order valence-corrected chi connectivity index (χ3v) is 4.43. The monoisotopic (exact) mass is 354 g/mol. The largest absolute Gasteiger partial charge is 0.325 e. The number of amides is 1. The van der Waals surface area contributed by atoms with E-state index in [0.717, 1.165) is 22.0 Å². The zero-order chi connectivity index (χ0) is 18.0. The first-order valence-electron chi connectivity index (χ1n) is 8.11. The van der Waals surface area contributed by atoms with E-state index in [0.29, 0.717) is 10.7 Å². The van der Waals surface area contributed by atoms with Gasteiger partial charge in [0.1, 0.15) is 0 Å². The molecule has 0 aliphatic heterocycles. The van der Waals surface area contributed by atoms with Gasteiger partial charge in [-0.2, -0.15) is 0 Å². The van der Waals surface area contributed by atoms with E-state index in [-0.39, 0.29) is 24.7 Å². The Morgan fingerprint density at radius 2 is 1.84 bits per heavy atom. The number of halogens is 1. The first-order valence-corrected chi connectivity index (χ1v) is 8.49. The summed E-state index contributed by atoms with van der Waals surface area (Å²) in [6, 6.07) is 13.3. The van der Waals surface area contributed by atoms with Crippen molar-refractivity contribution in [3.05, 3.63) is 64.8 Å². The molecular formula is C20H19ClN2O2. The first kappa shape index (κ1) is 17.2. The summed E-state index contributed by atoms with van der Waals surface area (Å²) in [6.07, 6.45) is 1.98. The van der Waals surface area contributed by atoms with Gasteiger partial charge in [0.25, 0.3) is 0 Å².